The van der Waals surface area contributed by atoms with Crippen molar-refractivity contribution in [2.45, 2.75) is 56.8 Å². The number of nitrogens with zero attached hydrogens (tertiary/aromatic N) is 1. The minimum atomic E-state index is -0.878. The molecule has 3 fully saturated rings. The standard InChI is InChI=1S/C28H35NO4/c30-23-16-27(15-22-10-5-2-6-11-22)19-29(18-24-12-7-13-33-24)20-28(17-23,26(27)32)25(31)14-21-8-3-1-4-9-21/h1-6,8-11,24-26,31-32H,7,12-20H2/t24?,25-,26?,27?,28?/m0/s1. The molecule has 0 radical (unpaired) electrons. The quantitative estimate of drug-likeness (QED) is 0.680. The molecule has 2 aliphatic heterocycles. The third kappa shape index (κ3) is 4.52. The Morgan fingerprint density at radius 2 is 1.70 bits per heavy atom. The van der Waals surface area contributed by atoms with E-state index < -0.39 is 23.0 Å². The molecular formula is C28H35NO4. The Morgan fingerprint density at radius 1 is 1.00 bits per heavy atom. The number of carbonyl (C=O) groups is 1. The van der Waals surface area contributed by atoms with E-state index in [0.717, 1.165) is 37.1 Å². The van der Waals surface area contributed by atoms with Gasteiger partial charge in [-0.1, -0.05) is 60.7 Å². The lowest BCUT2D eigenvalue weighted by Gasteiger charge is -2.60. The van der Waals surface area contributed by atoms with Crippen LogP contribution in [0.1, 0.15) is 36.8 Å². The number of piperidine rings is 1. The number of hydrogen-bond donors (Lipinski definition) is 2. The van der Waals surface area contributed by atoms with Crippen LogP contribution in [-0.4, -0.2) is 65.4 Å². The summed E-state index contributed by atoms with van der Waals surface area (Å²) >= 11 is 0. The Bertz CT molecular complexity index is 945. The van der Waals surface area contributed by atoms with E-state index in [2.05, 4.69) is 17.0 Å². The van der Waals surface area contributed by atoms with Gasteiger partial charge in [0.2, 0.25) is 0 Å². The number of rotatable bonds is 7. The van der Waals surface area contributed by atoms with Gasteiger partial charge in [0.05, 0.1) is 18.3 Å². The van der Waals surface area contributed by atoms with Gasteiger partial charge in [0.1, 0.15) is 5.78 Å². The van der Waals surface area contributed by atoms with E-state index in [9.17, 15) is 15.0 Å². The summed E-state index contributed by atoms with van der Waals surface area (Å²) < 4.78 is 5.93. The van der Waals surface area contributed by atoms with Crippen molar-refractivity contribution in [3.8, 4) is 0 Å². The van der Waals surface area contributed by atoms with Crippen molar-refractivity contribution >= 4 is 5.78 Å². The van der Waals surface area contributed by atoms with Gasteiger partial charge >= 0.3 is 0 Å². The van der Waals surface area contributed by atoms with Crippen molar-refractivity contribution < 1.29 is 19.7 Å². The molecular weight excluding hydrogens is 414 g/mol. The van der Waals surface area contributed by atoms with E-state index in [-0.39, 0.29) is 18.3 Å². The molecule has 176 valence electrons. The number of aliphatic hydroxyl groups excluding tert-OH is 2. The van der Waals surface area contributed by atoms with Crippen LogP contribution in [0.5, 0.6) is 0 Å². The highest BCUT2D eigenvalue weighted by Crippen LogP contribution is 2.53. The lowest BCUT2D eigenvalue weighted by molar-refractivity contribution is -0.206. The summed E-state index contributed by atoms with van der Waals surface area (Å²) in [5.41, 5.74) is 0.660. The average molecular weight is 450 g/mol. The Hall–Kier alpha value is -2.05. The van der Waals surface area contributed by atoms with E-state index in [1.165, 1.54) is 0 Å². The fraction of sp³-hybridized carbons (Fsp3) is 0.536. The van der Waals surface area contributed by atoms with Gasteiger partial charge in [-0.25, -0.2) is 0 Å². The molecule has 5 nitrogen and oxygen atoms in total. The van der Waals surface area contributed by atoms with Crippen LogP contribution in [0.4, 0.5) is 0 Å². The molecule has 2 aromatic rings. The highest BCUT2D eigenvalue weighted by Gasteiger charge is 2.62. The predicted octanol–water partition coefficient (Wildman–Crippen LogP) is 3.02. The second-order valence-corrected chi connectivity index (χ2v) is 10.6. The maximum absolute atomic E-state index is 13.2. The van der Waals surface area contributed by atoms with Crippen molar-refractivity contribution in [3.63, 3.8) is 0 Å². The van der Waals surface area contributed by atoms with Crippen molar-refractivity contribution in [1.82, 2.24) is 4.90 Å². The second-order valence-electron chi connectivity index (χ2n) is 10.6. The molecule has 33 heavy (non-hydrogen) atoms. The number of ether oxygens (including phenoxy) is 1. The minimum absolute atomic E-state index is 0.153. The van der Waals surface area contributed by atoms with Crippen LogP contribution in [0, 0.1) is 10.8 Å². The van der Waals surface area contributed by atoms with E-state index in [1.54, 1.807) is 0 Å². The van der Waals surface area contributed by atoms with E-state index in [1.807, 2.05) is 48.5 Å². The first-order chi connectivity index (χ1) is 16.0. The molecule has 4 unspecified atom stereocenters. The maximum atomic E-state index is 13.2. The van der Waals surface area contributed by atoms with E-state index in [4.69, 9.17) is 4.74 Å². The zero-order valence-corrected chi connectivity index (χ0v) is 19.2. The fourth-order valence-corrected chi connectivity index (χ4v) is 6.70. The SMILES string of the molecule is O=C1CC2(Cc3ccccc3)CN(CC3CCCO3)CC([C@@H](O)Cc3ccccc3)(C1)C2O. The smallest absolute Gasteiger partial charge is 0.134 e. The topological polar surface area (TPSA) is 70.0 Å². The number of hydrogen-bond acceptors (Lipinski definition) is 5. The van der Waals surface area contributed by atoms with Gasteiger partial charge in [0.25, 0.3) is 0 Å². The van der Waals surface area contributed by atoms with Gasteiger partial charge in [-0.15, -0.1) is 0 Å². The summed E-state index contributed by atoms with van der Waals surface area (Å²) in [4.78, 5) is 15.5. The van der Waals surface area contributed by atoms with Crippen LogP contribution in [0.25, 0.3) is 0 Å². The summed E-state index contributed by atoms with van der Waals surface area (Å²) in [7, 11) is 0. The van der Waals surface area contributed by atoms with Crippen molar-refractivity contribution in [2.24, 2.45) is 10.8 Å². The molecule has 2 aromatic carbocycles. The summed E-state index contributed by atoms with van der Waals surface area (Å²) in [6.45, 7) is 2.76. The van der Waals surface area contributed by atoms with Crippen LogP contribution in [0.3, 0.4) is 0 Å². The lowest BCUT2D eigenvalue weighted by atomic mass is 9.52. The van der Waals surface area contributed by atoms with Crippen LogP contribution >= 0.6 is 0 Å². The third-order valence-electron chi connectivity index (χ3n) is 8.08. The van der Waals surface area contributed by atoms with Crippen LogP contribution in [-0.2, 0) is 22.4 Å². The molecule has 2 bridgehead atoms. The minimum Gasteiger partial charge on any atom is -0.392 e. The average Bonchev–Trinajstić information content (AvgIpc) is 3.30. The van der Waals surface area contributed by atoms with E-state index in [0.29, 0.717) is 32.4 Å². The molecule has 5 rings (SSSR count). The summed E-state index contributed by atoms with van der Waals surface area (Å²) in [5.74, 6) is 0.153. The Morgan fingerprint density at radius 3 is 2.36 bits per heavy atom. The van der Waals surface area contributed by atoms with E-state index >= 15 is 0 Å². The van der Waals surface area contributed by atoms with Crippen molar-refractivity contribution in [2.75, 3.05) is 26.2 Å². The Labute approximate surface area is 196 Å². The van der Waals surface area contributed by atoms with Crippen LogP contribution in [0.2, 0.25) is 0 Å². The zero-order chi connectivity index (χ0) is 22.9. The number of carbonyl (C=O) groups excluding carboxylic acids is 1. The Kier molecular flexibility index (Phi) is 6.41. The first kappa shape index (κ1) is 22.7. The van der Waals surface area contributed by atoms with Gasteiger partial charge in [-0.3, -0.25) is 9.69 Å². The fourth-order valence-electron chi connectivity index (χ4n) is 6.70. The van der Waals surface area contributed by atoms with Crippen LogP contribution < -0.4 is 0 Å². The first-order valence-electron chi connectivity index (χ1n) is 12.3. The largest absolute Gasteiger partial charge is 0.392 e. The summed E-state index contributed by atoms with van der Waals surface area (Å²) in [6, 6.07) is 20.0. The third-order valence-corrected chi connectivity index (χ3v) is 8.08. The molecule has 3 aliphatic rings. The number of fused-ring (bicyclic) bond motifs is 2. The molecule has 2 heterocycles. The van der Waals surface area contributed by atoms with Crippen molar-refractivity contribution in [3.05, 3.63) is 71.8 Å². The molecule has 1 aliphatic carbocycles. The lowest BCUT2D eigenvalue weighted by Crippen LogP contribution is -2.70. The first-order valence-corrected chi connectivity index (χ1v) is 12.3. The number of aliphatic hydroxyl groups is 2. The molecule has 2 saturated heterocycles. The molecule has 0 amide bonds. The highest BCUT2D eigenvalue weighted by atomic mass is 16.5. The zero-order valence-electron chi connectivity index (χ0n) is 19.2. The number of ketones is 1. The monoisotopic (exact) mass is 449 g/mol. The predicted molar refractivity (Wildman–Crippen MR) is 127 cm³/mol. The summed E-state index contributed by atoms with van der Waals surface area (Å²) in [6.07, 6.45) is 2.40. The molecule has 0 aromatic heterocycles. The molecule has 2 N–H and O–H groups in total. The molecule has 0 spiro atoms. The van der Waals surface area contributed by atoms with Crippen LogP contribution in [0.15, 0.2) is 60.7 Å². The van der Waals surface area contributed by atoms with Gasteiger partial charge in [0.15, 0.2) is 0 Å². The number of likely N-dealkylation sites (tertiary alicyclic amines) is 1. The molecule has 5 atom stereocenters. The van der Waals surface area contributed by atoms with Gasteiger partial charge in [-0.05, 0) is 36.8 Å². The second kappa shape index (κ2) is 9.30. The Balaban J connectivity index is 1.49. The summed E-state index contributed by atoms with van der Waals surface area (Å²) in [5, 5.41) is 23.5. The normalized spacial score (nSPS) is 33.2. The van der Waals surface area contributed by atoms with Crippen molar-refractivity contribution in [1.29, 1.82) is 0 Å². The van der Waals surface area contributed by atoms with Gasteiger partial charge < -0.3 is 14.9 Å². The highest BCUT2D eigenvalue weighted by molar-refractivity contribution is 5.82. The number of benzene rings is 2. The van der Waals surface area contributed by atoms with Gasteiger partial charge in [-0.2, -0.15) is 0 Å². The maximum Gasteiger partial charge on any atom is 0.134 e. The molecule has 1 saturated carbocycles. The molecule has 5 heteroatoms. The van der Waals surface area contributed by atoms with Gasteiger partial charge in [0, 0.05) is 49.9 Å². The number of Topliss-reactive ketones (excluding diaryl/α,β-unsaturated/α-hetero) is 1.